The van der Waals surface area contributed by atoms with E-state index in [0.29, 0.717) is 12.5 Å². The maximum Gasteiger partial charge on any atom is 0.254 e. The molecule has 0 saturated heterocycles. The topological polar surface area (TPSA) is 34.9 Å². The van der Waals surface area contributed by atoms with Gasteiger partial charge in [0, 0.05) is 19.0 Å². The first-order chi connectivity index (χ1) is 6.54. The summed E-state index contributed by atoms with van der Waals surface area (Å²) in [6.07, 6.45) is 0.725. The number of aromatic nitrogens is 2. The van der Waals surface area contributed by atoms with Crippen LogP contribution in [0.4, 0.5) is 0 Å². The summed E-state index contributed by atoms with van der Waals surface area (Å²) in [5, 5.41) is 0.284. The van der Waals surface area contributed by atoms with Gasteiger partial charge in [0.2, 0.25) is 0 Å². The van der Waals surface area contributed by atoms with Crippen LogP contribution in [0.2, 0.25) is 5.15 Å². The number of hydrogen-bond acceptors (Lipinski definition) is 2. The average molecular weight is 215 g/mol. The molecule has 1 heterocycles. The number of nitrogens with zero attached hydrogens (tertiary/aromatic N) is 2. The van der Waals surface area contributed by atoms with E-state index in [4.69, 9.17) is 11.6 Å². The molecule has 0 amide bonds. The van der Waals surface area contributed by atoms with Gasteiger partial charge in [-0.1, -0.05) is 32.4 Å². The molecule has 0 aliphatic rings. The van der Waals surface area contributed by atoms with Gasteiger partial charge in [0.25, 0.3) is 5.56 Å². The van der Waals surface area contributed by atoms with Crippen molar-refractivity contribution in [3.63, 3.8) is 0 Å². The van der Waals surface area contributed by atoms with E-state index in [2.05, 4.69) is 18.8 Å². The van der Waals surface area contributed by atoms with Gasteiger partial charge in [0.1, 0.15) is 11.0 Å². The van der Waals surface area contributed by atoms with Crippen LogP contribution in [-0.4, -0.2) is 9.55 Å². The summed E-state index contributed by atoms with van der Waals surface area (Å²) in [6, 6.07) is 1.36. The molecule has 0 spiro atoms. The minimum absolute atomic E-state index is 0.0597. The summed E-state index contributed by atoms with van der Waals surface area (Å²) in [4.78, 5) is 15.7. The first-order valence-electron chi connectivity index (χ1n) is 4.80. The molecule has 0 radical (unpaired) electrons. The summed E-state index contributed by atoms with van der Waals surface area (Å²) >= 11 is 5.71. The van der Waals surface area contributed by atoms with Crippen molar-refractivity contribution in [3.8, 4) is 0 Å². The second kappa shape index (κ2) is 4.60. The van der Waals surface area contributed by atoms with Gasteiger partial charge in [0.05, 0.1) is 0 Å². The lowest BCUT2D eigenvalue weighted by atomic mass is 10.2. The van der Waals surface area contributed by atoms with Crippen molar-refractivity contribution in [2.24, 2.45) is 5.92 Å². The number of rotatable bonds is 3. The van der Waals surface area contributed by atoms with Crippen LogP contribution < -0.4 is 5.56 Å². The third kappa shape index (κ3) is 2.58. The van der Waals surface area contributed by atoms with Gasteiger partial charge in [-0.2, -0.15) is 0 Å². The van der Waals surface area contributed by atoms with Crippen molar-refractivity contribution in [3.05, 3.63) is 27.4 Å². The Bertz CT molecular complexity index is 371. The van der Waals surface area contributed by atoms with E-state index in [1.165, 1.54) is 6.07 Å². The Morgan fingerprint density at radius 1 is 1.57 bits per heavy atom. The van der Waals surface area contributed by atoms with Crippen LogP contribution in [0.1, 0.15) is 26.6 Å². The molecule has 1 rings (SSSR count). The molecule has 1 aromatic rings. The lowest BCUT2D eigenvalue weighted by Crippen LogP contribution is -2.26. The normalized spacial score (nSPS) is 10.9. The van der Waals surface area contributed by atoms with Crippen LogP contribution in [0, 0.1) is 5.92 Å². The molecule has 0 aromatic carbocycles. The highest BCUT2D eigenvalue weighted by molar-refractivity contribution is 6.29. The maximum absolute atomic E-state index is 11.6. The van der Waals surface area contributed by atoms with Crippen molar-refractivity contribution in [2.45, 2.75) is 33.7 Å². The highest BCUT2D eigenvalue weighted by Crippen LogP contribution is 2.05. The monoisotopic (exact) mass is 214 g/mol. The molecule has 0 N–H and O–H groups in total. The SMILES string of the molecule is CCc1nc(Cl)cc(=O)n1CC(C)C. The summed E-state index contributed by atoms with van der Waals surface area (Å²) in [6.45, 7) is 6.81. The molecular formula is C10H15ClN2O. The summed E-state index contributed by atoms with van der Waals surface area (Å²) in [7, 11) is 0. The highest BCUT2D eigenvalue weighted by Gasteiger charge is 2.07. The third-order valence-electron chi connectivity index (χ3n) is 1.92. The van der Waals surface area contributed by atoms with Crippen molar-refractivity contribution < 1.29 is 0 Å². The van der Waals surface area contributed by atoms with Crippen LogP contribution in [-0.2, 0) is 13.0 Å². The largest absolute Gasteiger partial charge is 0.296 e. The van der Waals surface area contributed by atoms with Crippen molar-refractivity contribution in [1.82, 2.24) is 9.55 Å². The van der Waals surface area contributed by atoms with Gasteiger partial charge in [0.15, 0.2) is 0 Å². The van der Waals surface area contributed by atoms with Gasteiger partial charge >= 0.3 is 0 Å². The molecule has 4 heteroatoms. The minimum Gasteiger partial charge on any atom is -0.296 e. The highest BCUT2D eigenvalue weighted by atomic mass is 35.5. The van der Waals surface area contributed by atoms with Crippen molar-refractivity contribution >= 4 is 11.6 Å². The standard InChI is InChI=1S/C10H15ClN2O/c1-4-9-12-8(11)5-10(14)13(9)6-7(2)3/h5,7H,4,6H2,1-3H3. The molecule has 0 aliphatic heterocycles. The Labute approximate surface area is 88.7 Å². The molecule has 1 aromatic heterocycles. The Hall–Kier alpha value is -0.830. The number of aryl methyl sites for hydroxylation is 1. The van der Waals surface area contributed by atoms with E-state index in [1.807, 2.05) is 6.92 Å². The van der Waals surface area contributed by atoms with Crippen LogP contribution in [0.3, 0.4) is 0 Å². The zero-order valence-electron chi connectivity index (χ0n) is 8.75. The Morgan fingerprint density at radius 3 is 2.71 bits per heavy atom. The molecule has 14 heavy (non-hydrogen) atoms. The van der Waals surface area contributed by atoms with E-state index in [9.17, 15) is 4.79 Å². The predicted molar refractivity (Wildman–Crippen MR) is 57.7 cm³/mol. The van der Waals surface area contributed by atoms with Gasteiger partial charge < -0.3 is 0 Å². The van der Waals surface area contributed by atoms with E-state index in [1.54, 1.807) is 4.57 Å². The van der Waals surface area contributed by atoms with E-state index in [-0.39, 0.29) is 10.7 Å². The molecule has 0 fully saturated rings. The summed E-state index contributed by atoms with van der Waals surface area (Å²) in [5.41, 5.74) is -0.0597. The quantitative estimate of drug-likeness (QED) is 0.723. The third-order valence-corrected chi connectivity index (χ3v) is 2.11. The van der Waals surface area contributed by atoms with Crippen LogP contribution >= 0.6 is 11.6 Å². The first kappa shape index (κ1) is 11.2. The molecule has 0 unspecified atom stereocenters. The summed E-state index contributed by atoms with van der Waals surface area (Å²) in [5.74, 6) is 1.19. The van der Waals surface area contributed by atoms with Gasteiger partial charge in [-0.3, -0.25) is 9.36 Å². The van der Waals surface area contributed by atoms with E-state index >= 15 is 0 Å². The van der Waals surface area contributed by atoms with Crippen molar-refractivity contribution in [1.29, 1.82) is 0 Å². The second-order valence-electron chi connectivity index (χ2n) is 3.69. The molecule has 0 atom stereocenters. The molecular weight excluding hydrogens is 200 g/mol. The molecule has 3 nitrogen and oxygen atoms in total. The van der Waals surface area contributed by atoms with Crippen LogP contribution in [0.15, 0.2) is 10.9 Å². The minimum atomic E-state index is -0.0597. The Balaban J connectivity index is 3.19. The second-order valence-corrected chi connectivity index (χ2v) is 4.08. The fourth-order valence-electron chi connectivity index (χ4n) is 1.35. The van der Waals surface area contributed by atoms with E-state index in [0.717, 1.165) is 12.2 Å². The number of hydrogen-bond donors (Lipinski definition) is 0. The van der Waals surface area contributed by atoms with E-state index < -0.39 is 0 Å². The molecule has 0 aliphatic carbocycles. The zero-order valence-corrected chi connectivity index (χ0v) is 9.51. The zero-order chi connectivity index (χ0) is 10.7. The maximum atomic E-state index is 11.6. The van der Waals surface area contributed by atoms with Gasteiger partial charge in [-0.05, 0) is 5.92 Å². The van der Waals surface area contributed by atoms with Crippen molar-refractivity contribution in [2.75, 3.05) is 0 Å². The lowest BCUT2D eigenvalue weighted by Gasteiger charge is -2.12. The fourth-order valence-corrected chi connectivity index (χ4v) is 1.54. The smallest absolute Gasteiger partial charge is 0.254 e. The van der Waals surface area contributed by atoms with Crippen LogP contribution in [0.25, 0.3) is 0 Å². The first-order valence-corrected chi connectivity index (χ1v) is 5.18. The molecule has 0 bridgehead atoms. The molecule has 78 valence electrons. The van der Waals surface area contributed by atoms with Gasteiger partial charge in [-0.25, -0.2) is 4.98 Å². The lowest BCUT2D eigenvalue weighted by molar-refractivity contribution is 0.488. The summed E-state index contributed by atoms with van der Waals surface area (Å²) < 4.78 is 1.69. The van der Waals surface area contributed by atoms with Gasteiger partial charge in [-0.15, -0.1) is 0 Å². The van der Waals surface area contributed by atoms with Crippen LogP contribution in [0.5, 0.6) is 0 Å². The predicted octanol–water partition coefficient (Wildman–Crippen LogP) is 2.12. The fraction of sp³-hybridized carbons (Fsp3) is 0.600. The Kier molecular flexibility index (Phi) is 3.69. The Morgan fingerprint density at radius 2 is 2.21 bits per heavy atom. The average Bonchev–Trinajstić information content (AvgIpc) is 2.08. The molecule has 0 saturated carbocycles. The number of halogens is 1.